The third-order valence-corrected chi connectivity index (χ3v) is 2.90. The predicted octanol–water partition coefficient (Wildman–Crippen LogP) is 3.21. The van der Waals surface area contributed by atoms with Crippen molar-refractivity contribution in [2.45, 2.75) is 32.1 Å². The highest BCUT2D eigenvalue weighted by atomic mass is 19.1. The van der Waals surface area contributed by atoms with Crippen LogP contribution in [-0.4, -0.2) is 18.0 Å². The third kappa shape index (κ3) is 2.17. The minimum absolute atomic E-state index is 0.0573. The SMILES string of the molecule is FC1=C[CH]CC=C1N1CCCCCC1. The largest absolute Gasteiger partial charge is 0.369 e. The zero-order valence-electron chi connectivity index (χ0n) is 8.51. The molecule has 1 saturated heterocycles. The van der Waals surface area contributed by atoms with Crippen molar-refractivity contribution in [3.63, 3.8) is 0 Å². The molecule has 0 saturated carbocycles. The lowest BCUT2D eigenvalue weighted by atomic mass is 10.1. The normalized spacial score (nSPS) is 23.9. The van der Waals surface area contributed by atoms with E-state index in [9.17, 15) is 4.39 Å². The van der Waals surface area contributed by atoms with Crippen molar-refractivity contribution in [2.75, 3.05) is 13.1 Å². The Morgan fingerprint density at radius 3 is 2.43 bits per heavy atom. The van der Waals surface area contributed by atoms with Gasteiger partial charge in [0.1, 0.15) is 5.83 Å². The fourth-order valence-electron chi connectivity index (χ4n) is 2.13. The van der Waals surface area contributed by atoms with E-state index in [2.05, 4.69) is 4.90 Å². The van der Waals surface area contributed by atoms with Crippen molar-refractivity contribution in [1.29, 1.82) is 0 Å². The summed E-state index contributed by atoms with van der Waals surface area (Å²) in [4.78, 5) is 2.20. The first-order chi connectivity index (χ1) is 6.88. The number of hydrogen-bond acceptors (Lipinski definition) is 1. The Morgan fingerprint density at radius 1 is 1.07 bits per heavy atom. The first-order valence-corrected chi connectivity index (χ1v) is 5.52. The van der Waals surface area contributed by atoms with Gasteiger partial charge in [0.25, 0.3) is 0 Å². The van der Waals surface area contributed by atoms with Crippen LogP contribution in [0.4, 0.5) is 4.39 Å². The van der Waals surface area contributed by atoms with Crippen molar-refractivity contribution < 1.29 is 4.39 Å². The van der Waals surface area contributed by atoms with E-state index in [-0.39, 0.29) is 5.83 Å². The van der Waals surface area contributed by atoms with Gasteiger partial charge in [0.05, 0.1) is 5.70 Å². The van der Waals surface area contributed by atoms with Crippen LogP contribution < -0.4 is 0 Å². The first kappa shape index (κ1) is 9.75. The summed E-state index contributed by atoms with van der Waals surface area (Å²) in [5.41, 5.74) is 0.828. The van der Waals surface area contributed by atoms with Crippen LogP contribution in [0.2, 0.25) is 0 Å². The molecule has 0 aromatic rings. The van der Waals surface area contributed by atoms with Crippen molar-refractivity contribution in [3.05, 3.63) is 30.1 Å². The number of allylic oxidation sites excluding steroid dienone is 3. The van der Waals surface area contributed by atoms with E-state index >= 15 is 0 Å². The summed E-state index contributed by atoms with van der Waals surface area (Å²) >= 11 is 0. The minimum atomic E-state index is -0.0573. The zero-order valence-corrected chi connectivity index (χ0v) is 8.51. The van der Waals surface area contributed by atoms with Gasteiger partial charge in [-0.05, 0) is 31.8 Å². The van der Waals surface area contributed by atoms with Gasteiger partial charge in [-0.2, -0.15) is 0 Å². The second kappa shape index (κ2) is 4.63. The molecule has 1 aliphatic heterocycles. The van der Waals surface area contributed by atoms with E-state index in [1.165, 1.54) is 25.7 Å². The summed E-state index contributed by atoms with van der Waals surface area (Å²) in [6.45, 7) is 2.04. The number of nitrogens with zero attached hydrogens (tertiary/aromatic N) is 1. The van der Waals surface area contributed by atoms with Gasteiger partial charge in [-0.25, -0.2) is 4.39 Å². The average Bonchev–Trinajstić information content (AvgIpc) is 2.47. The molecular formula is C12H17FN. The highest BCUT2D eigenvalue weighted by Crippen LogP contribution is 2.25. The Morgan fingerprint density at radius 2 is 1.79 bits per heavy atom. The fourth-order valence-corrected chi connectivity index (χ4v) is 2.13. The lowest BCUT2D eigenvalue weighted by Crippen LogP contribution is -2.25. The maximum Gasteiger partial charge on any atom is 0.142 e. The molecule has 1 nitrogen and oxygen atoms in total. The standard InChI is InChI=1S/C12H17FN/c13-11-7-3-4-8-12(11)14-9-5-1-2-6-10-14/h3,7-8H,1-2,4-6,9-10H2. The zero-order chi connectivity index (χ0) is 9.80. The molecule has 0 N–H and O–H groups in total. The summed E-state index contributed by atoms with van der Waals surface area (Å²) in [7, 11) is 0. The molecule has 14 heavy (non-hydrogen) atoms. The van der Waals surface area contributed by atoms with E-state index in [4.69, 9.17) is 0 Å². The van der Waals surface area contributed by atoms with Crippen LogP contribution in [0.15, 0.2) is 23.7 Å². The van der Waals surface area contributed by atoms with Crippen LogP contribution in [-0.2, 0) is 0 Å². The molecule has 2 aliphatic rings. The Bertz CT molecular complexity index is 247. The molecule has 0 atom stereocenters. The van der Waals surface area contributed by atoms with Crippen molar-refractivity contribution in [2.24, 2.45) is 0 Å². The lowest BCUT2D eigenvalue weighted by molar-refractivity contribution is 0.345. The van der Waals surface area contributed by atoms with Gasteiger partial charge < -0.3 is 4.90 Å². The van der Waals surface area contributed by atoms with Crippen LogP contribution in [0.1, 0.15) is 32.1 Å². The number of hydrogen-bond donors (Lipinski definition) is 0. The van der Waals surface area contributed by atoms with Gasteiger partial charge in [-0.15, -0.1) is 0 Å². The van der Waals surface area contributed by atoms with E-state index in [0.29, 0.717) is 0 Å². The van der Waals surface area contributed by atoms with Gasteiger partial charge in [0.15, 0.2) is 0 Å². The smallest absolute Gasteiger partial charge is 0.142 e. The maximum absolute atomic E-state index is 13.5. The molecule has 2 rings (SSSR count). The Balaban J connectivity index is 2.05. The molecule has 1 aliphatic carbocycles. The number of likely N-dealkylation sites (tertiary alicyclic amines) is 1. The van der Waals surface area contributed by atoms with E-state index < -0.39 is 0 Å². The molecule has 1 radical (unpaired) electrons. The molecule has 0 aromatic carbocycles. The third-order valence-electron chi connectivity index (χ3n) is 2.90. The topological polar surface area (TPSA) is 3.24 Å². The molecule has 0 unspecified atom stereocenters. The number of halogens is 1. The monoisotopic (exact) mass is 194 g/mol. The van der Waals surface area contributed by atoms with Crippen LogP contribution >= 0.6 is 0 Å². The van der Waals surface area contributed by atoms with Gasteiger partial charge >= 0.3 is 0 Å². The molecular weight excluding hydrogens is 177 g/mol. The van der Waals surface area contributed by atoms with E-state index in [0.717, 1.165) is 25.2 Å². The Labute approximate surface area is 85.3 Å². The van der Waals surface area contributed by atoms with Crippen LogP contribution in [0, 0.1) is 6.42 Å². The summed E-state index contributed by atoms with van der Waals surface area (Å²) in [6, 6.07) is 0. The maximum atomic E-state index is 13.5. The highest BCUT2D eigenvalue weighted by molar-refractivity contribution is 5.31. The summed E-state index contributed by atoms with van der Waals surface area (Å²) in [6.07, 6.45) is 11.3. The predicted molar refractivity (Wildman–Crippen MR) is 56.2 cm³/mol. The van der Waals surface area contributed by atoms with E-state index in [1.807, 2.05) is 12.5 Å². The van der Waals surface area contributed by atoms with Crippen molar-refractivity contribution >= 4 is 0 Å². The molecule has 0 bridgehead atoms. The van der Waals surface area contributed by atoms with Crippen LogP contribution in [0.3, 0.4) is 0 Å². The van der Waals surface area contributed by atoms with Crippen molar-refractivity contribution in [3.8, 4) is 0 Å². The molecule has 0 aromatic heterocycles. The van der Waals surface area contributed by atoms with Gasteiger partial charge in [-0.1, -0.05) is 18.9 Å². The van der Waals surface area contributed by atoms with Crippen LogP contribution in [0.5, 0.6) is 0 Å². The molecule has 77 valence electrons. The molecule has 0 amide bonds. The fraction of sp³-hybridized carbons (Fsp3) is 0.583. The van der Waals surface area contributed by atoms with Gasteiger partial charge in [0.2, 0.25) is 0 Å². The second-order valence-corrected chi connectivity index (χ2v) is 3.98. The quantitative estimate of drug-likeness (QED) is 0.619. The Hall–Kier alpha value is -0.790. The summed E-state index contributed by atoms with van der Waals surface area (Å²) in [5.74, 6) is -0.0573. The summed E-state index contributed by atoms with van der Waals surface area (Å²) < 4.78 is 13.5. The molecule has 1 fully saturated rings. The van der Waals surface area contributed by atoms with Gasteiger partial charge in [-0.3, -0.25) is 0 Å². The Kier molecular flexibility index (Phi) is 3.22. The molecule has 2 heteroatoms. The number of rotatable bonds is 1. The summed E-state index contributed by atoms with van der Waals surface area (Å²) in [5, 5.41) is 0. The highest BCUT2D eigenvalue weighted by Gasteiger charge is 2.17. The van der Waals surface area contributed by atoms with Crippen molar-refractivity contribution in [1.82, 2.24) is 4.90 Å². The minimum Gasteiger partial charge on any atom is -0.369 e. The average molecular weight is 194 g/mol. The second-order valence-electron chi connectivity index (χ2n) is 3.98. The molecule has 1 heterocycles. The van der Waals surface area contributed by atoms with Crippen LogP contribution in [0.25, 0.3) is 0 Å². The van der Waals surface area contributed by atoms with Gasteiger partial charge in [0, 0.05) is 13.1 Å². The first-order valence-electron chi connectivity index (χ1n) is 5.52. The lowest BCUT2D eigenvalue weighted by Gasteiger charge is -2.26. The molecule has 0 spiro atoms. The van der Waals surface area contributed by atoms with E-state index in [1.54, 1.807) is 6.08 Å².